The molecular formula is C23H23N3. The molecular weight excluding hydrogens is 318 g/mol. The minimum atomic E-state index is 0.117. The molecule has 3 heteroatoms. The van der Waals surface area contributed by atoms with Crippen LogP contribution in [0.1, 0.15) is 35.6 Å². The predicted octanol–water partition coefficient (Wildman–Crippen LogP) is 4.95. The fourth-order valence-corrected chi connectivity index (χ4v) is 3.67. The molecule has 3 nitrogen and oxygen atoms in total. The predicted molar refractivity (Wildman–Crippen MR) is 109 cm³/mol. The maximum Gasteiger partial charge on any atom is 0.0815 e. The summed E-state index contributed by atoms with van der Waals surface area (Å²) in [7, 11) is 0. The van der Waals surface area contributed by atoms with Gasteiger partial charge in [-0.2, -0.15) is 5.10 Å². The lowest BCUT2D eigenvalue weighted by molar-refractivity contribution is 0.574. The Hall–Kier alpha value is -3.07. The third kappa shape index (κ3) is 3.08. The van der Waals surface area contributed by atoms with Crippen molar-refractivity contribution in [2.45, 2.75) is 18.9 Å². The van der Waals surface area contributed by atoms with E-state index in [0.717, 1.165) is 17.8 Å². The van der Waals surface area contributed by atoms with Crippen LogP contribution in [-0.2, 0) is 0 Å². The first-order chi connectivity index (χ1) is 12.9. The van der Waals surface area contributed by atoms with Crippen LogP contribution in [0.15, 0.2) is 90.0 Å². The average Bonchev–Trinajstić information content (AvgIpc) is 3.15. The van der Waals surface area contributed by atoms with Crippen molar-refractivity contribution in [3.8, 4) is 0 Å². The molecule has 0 aliphatic carbocycles. The first kappa shape index (κ1) is 16.4. The standard InChI is InChI=1S/C23H23N3/c1-2-24-20-16-10-9-15-19(20)21-22(17-11-5-3-6-12-17)25-26-23(21)18-13-7-4-8-14-18/h3-16,21-22,24-25H,2H2,1H3. The number of nitrogens with zero attached hydrogens (tertiary/aromatic N) is 1. The van der Waals surface area contributed by atoms with Crippen LogP contribution in [0.4, 0.5) is 5.69 Å². The van der Waals surface area contributed by atoms with Crippen molar-refractivity contribution < 1.29 is 0 Å². The SMILES string of the molecule is CCNc1ccccc1C1C(c2ccccc2)=NNC1c1ccccc1. The highest BCUT2D eigenvalue weighted by atomic mass is 15.3. The van der Waals surface area contributed by atoms with Crippen LogP contribution in [0.2, 0.25) is 0 Å². The Balaban J connectivity index is 1.82. The largest absolute Gasteiger partial charge is 0.385 e. The smallest absolute Gasteiger partial charge is 0.0815 e. The van der Waals surface area contributed by atoms with E-state index in [1.807, 2.05) is 6.07 Å². The Bertz CT molecular complexity index is 888. The molecule has 26 heavy (non-hydrogen) atoms. The van der Waals surface area contributed by atoms with Gasteiger partial charge in [0, 0.05) is 12.2 Å². The molecule has 1 aliphatic rings. The van der Waals surface area contributed by atoms with Gasteiger partial charge in [0.15, 0.2) is 0 Å². The van der Waals surface area contributed by atoms with Crippen molar-refractivity contribution in [3.05, 3.63) is 102 Å². The van der Waals surface area contributed by atoms with Crippen molar-refractivity contribution in [1.82, 2.24) is 5.43 Å². The van der Waals surface area contributed by atoms with Gasteiger partial charge in [-0.05, 0) is 29.7 Å². The second-order valence-electron chi connectivity index (χ2n) is 6.48. The number of anilines is 1. The highest BCUT2D eigenvalue weighted by molar-refractivity contribution is 6.07. The summed E-state index contributed by atoms with van der Waals surface area (Å²) >= 11 is 0. The van der Waals surface area contributed by atoms with Crippen molar-refractivity contribution in [2.24, 2.45) is 5.10 Å². The zero-order valence-electron chi connectivity index (χ0n) is 14.9. The van der Waals surface area contributed by atoms with Gasteiger partial charge in [0.2, 0.25) is 0 Å². The first-order valence-electron chi connectivity index (χ1n) is 9.14. The monoisotopic (exact) mass is 341 g/mol. The van der Waals surface area contributed by atoms with Gasteiger partial charge in [-0.25, -0.2) is 0 Å². The molecule has 0 bridgehead atoms. The quantitative estimate of drug-likeness (QED) is 0.689. The lowest BCUT2D eigenvalue weighted by atomic mass is 9.81. The number of hydrogen-bond donors (Lipinski definition) is 2. The summed E-state index contributed by atoms with van der Waals surface area (Å²) in [6.45, 7) is 3.02. The van der Waals surface area contributed by atoms with Crippen LogP contribution in [0.5, 0.6) is 0 Å². The number of benzene rings is 3. The number of rotatable bonds is 5. The molecule has 4 rings (SSSR count). The summed E-state index contributed by atoms with van der Waals surface area (Å²) in [6.07, 6.45) is 0. The molecule has 0 amide bonds. The molecule has 0 spiro atoms. The number of nitrogens with one attached hydrogen (secondary N) is 2. The Labute approximate surface area is 154 Å². The summed E-state index contributed by atoms with van der Waals surface area (Å²) in [6, 6.07) is 29.7. The van der Waals surface area contributed by atoms with Crippen molar-refractivity contribution >= 4 is 11.4 Å². The fraction of sp³-hybridized carbons (Fsp3) is 0.174. The van der Waals surface area contributed by atoms with Crippen LogP contribution in [0, 0.1) is 0 Å². The second-order valence-corrected chi connectivity index (χ2v) is 6.48. The van der Waals surface area contributed by atoms with Crippen LogP contribution >= 0.6 is 0 Å². The van der Waals surface area contributed by atoms with E-state index in [0.29, 0.717) is 0 Å². The van der Waals surface area contributed by atoms with Gasteiger partial charge in [0.1, 0.15) is 0 Å². The summed E-state index contributed by atoms with van der Waals surface area (Å²) in [5.74, 6) is 0.148. The molecule has 2 unspecified atom stereocenters. The molecule has 0 aromatic heterocycles. The van der Waals surface area contributed by atoms with Crippen LogP contribution in [-0.4, -0.2) is 12.3 Å². The Kier molecular flexibility index (Phi) is 4.69. The van der Waals surface area contributed by atoms with Gasteiger partial charge in [0.05, 0.1) is 17.7 Å². The highest BCUT2D eigenvalue weighted by Gasteiger charge is 2.36. The van der Waals surface area contributed by atoms with Crippen molar-refractivity contribution in [2.75, 3.05) is 11.9 Å². The normalized spacial score (nSPS) is 18.9. The lowest BCUT2D eigenvalue weighted by Crippen LogP contribution is -2.21. The molecule has 1 heterocycles. The lowest BCUT2D eigenvalue weighted by Gasteiger charge is -2.24. The Morgan fingerprint density at radius 1 is 0.846 bits per heavy atom. The van der Waals surface area contributed by atoms with Gasteiger partial charge in [0.25, 0.3) is 0 Å². The Morgan fingerprint density at radius 2 is 1.50 bits per heavy atom. The molecule has 0 saturated heterocycles. The minimum Gasteiger partial charge on any atom is -0.385 e. The van der Waals surface area contributed by atoms with Gasteiger partial charge in [-0.3, -0.25) is 0 Å². The second kappa shape index (κ2) is 7.44. The highest BCUT2D eigenvalue weighted by Crippen LogP contribution is 2.40. The number of hydrogen-bond acceptors (Lipinski definition) is 3. The van der Waals surface area contributed by atoms with E-state index in [1.165, 1.54) is 16.8 Å². The molecule has 2 N–H and O–H groups in total. The summed E-state index contributed by atoms with van der Waals surface area (Å²) in [5.41, 5.74) is 9.35. The van der Waals surface area contributed by atoms with E-state index in [9.17, 15) is 0 Å². The third-order valence-corrected chi connectivity index (χ3v) is 4.84. The van der Waals surface area contributed by atoms with Crippen molar-refractivity contribution in [3.63, 3.8) is 0 Å². The van der Waals surface area contributed by atoms with Gasteiger partial charge in [-0.1, -0.05) is 78.9 Å². The summed E-state index contributed by atoms with van der Waals surface area (Å²) in [4.78, 5) is 0. The van der Waals surface area contributed by atoms with Crippen LogP contribution in [0.25, 0.3) is 0 Å². The van der Waals surface area contributed by atoms with E-state index in [2.05, 4.69) is 96.5 Å². The fourth-order valence-electron chi connectivity index (χ4n) is 3.67. The summed E-state index contributed by atoms with van der Waals surface area (Å²) in [5, 5.41) is 8.28. The Morgan fingerprint density at radius 3 is 2.23 bits per heavy atom. The van der Waals surface area contributed by atoms with Crippen molar-refractivity contribution in [1.29, 1.82) is 0 Å². The van der Waals surface area contributed by atoms with Gasteiger partial charge in [-0.15, -0.1) is 0 Å². The van der Waals surface area contributed by atoms with Crippen LogP contribution < -0.4 is 10.7 Å². The maximum atomic E-state index is 4.76. The number of para-hydroxylation sites is 1. The molecule has 0 fully saturated rings. The summed E-state index contributed by atoms with van der Waals surface area (Å²) < 4.78 is 0. The molecule has 0 saturated carbocycles. The molecule has 3 aromatic rings. The zero-order chi connectivity index (χ0) is 17.8. The van der Waals surface area contributed by atoms with Crippen LogP contribution in [0.3, 0.4) is 0 Å². The third-order valence-electron chi connectivity index (χ3n) is 4.84. The topological polar surface area (TPSA) is 36.4 Å². The number of hydrazone groups is 1. The van der Waals surface area contributed by atoms with Gasteiger partial charge >= 0.3 is 0 Å². The first-order valence-corrected chi connectivity index (χ1v) is 9.14. The molecule has 2 atom stereocenters. The minimum absolute atomic E-state index is 0.117. The van der Waals surface area contributed by atoms with E-state index < -0.39 is 0 Å². The molecule has 1 aliphatic heterocycles. The zero-order valence-corrected chi connectivity index (χ0v) is 14.9. The van der Waals surface area contributed by atoms with E-state index in [-0.39, 0.29) is 12.0 Å². The molecule has 3 aromatic carbocycles. The maximum absolute atomic E-state index is 4.76. The average molecular weight is 341 g/mol. The van der Waals surface area contributed by atoms with E-state index >= 15 is 0 Å². The molecule has 130 valence electrons. The van der Waals surface area contributed by atoms with E-state index in [4.69, 9.17) is 5.10 Å². The molecule has 0 radical (unpaired) electrons. The van der Waals surface area contributed by atoms with Gasteiger partial charge < -0.3 is 10.7 Å². The van der Waals surface area contributed by atoms with E-state index in [1.54, 1.807) is 0 Å².